The first-order valence-electron chi connectivity index (χ1n) is 6.67. The molecule has 0 aliphatic carbocycles. The second-order valence-corrected chi connectivity index (χ2v) is 5.36. The summed E-state index contributed by atoms with van der Waals surface area (Å²) in [7, 11) is 0. The number of carbonyl (C=O) groups is 1. The SMILES string of the molecule is CCn1c(SCC(N)=O)nnc1[C@@H](C)Oc1ccccc1. The van der Waals surface area contributed by atoms with E-state index in [9.17, 15) is 4.79 Å². The fourth-order valence-electron chi connectivity index (χ4n) is 1.90. The van der Waals surface area contributed by atoms with Gasteiger partial charge in [-0.2, -0.15) is 0 Å². The molecule has 0 aliphatic rings. The van der Waals surface area contributed by atoms with Crippen LogP contribution in [0.1, 0.15) is 25.8 Å². The Kier molecular flexibility index (Phi) is 5.21. The molecular formula is C14H18N4O2S. The number of para-hydroxylation sites is 1. The van der Waals surface area contributed by atoms with Crippen molar-refractivity contribution in [1.82, 2.24) is 14.8 Å². The van der Waals surface area contributed by atoms with Crippen LogP contribution in [0.25, 0.3) is 0 Å². The fourth-order valence-corrected chi connectivity index (χ4v) is 2.64. The van der Waals surface area contributed by atoms with Crippen molar-refractivity contribution in [1.29, 1.82) is 0 Å². The van der Waals surface area contributed by atoms with Crippen LogP contribution in [0, 0.1) is 0 Å². The van der Waals surface area contributed by atoms with Crippen LogP contribution >= 0.6 is 11.8 Å². The number of primary amides is 1. The third-order valence-corrected chi connectivity index (χ3v) is 3.81. The Morgan fingerprint density at radius 2 is 2.10 bits per heavy atom. The molecule has 1 aromatic carbocycles. The van der Waals surface area contributed by atoms with Gasteiger partial charge in [-0.25, -0.2) is 0 Å². The van der Waals surface area contributed by atoms with E-state index in [1.54, 1.807) is 0 Å². The molecule has 112 valence electrons. The molecule has 2 rings (SSSR count). The van der Waals surface area contributed by atoms with Crippen LogP contribution in [-0.4, -0.2) is 26.4 Å². The highest BCUT2D eigenvalue weighted by Crippen LogP contribution is 2.24. The zero-order valence-corrected chi connectivity index (χ0v) is 12.8. The lowest BCUT2D eigenvalue weighted by Gasteiger charge is -2.15. The Morgan fingerprint density at radius 1 is 1.38 bits per heavy atom. The van der Waals surface area contributed by atoms with Crippen molar-refractivity contribution in [3.63, 3.8) is 0 Å². The summed E-state index contributed by atoms with van der Waals surface area (Å²) in [5.74, 6) is 1.32. The molecule has 0 aliphatic heterocycles. The summed E-state index contributed by atoms with van der Waals surface area (Å²) in [6, 6.07) is 9.56. The molecule has 0 bridgehead atoms. The summed E-state index contributed by atoms with van der Waals surface area (Å²) >= 11 is 1.28. The molecule has 0 saturated carbocycles. The van der Waals surface area contributed by atoms with E-state index in [2.05, 4.69) is 10.2 Å². The minimum atomic E-state index is -0.374. The summed E-state index contributed by atoms with van der Waals surface area (Å²) in [6.07, 6.45) is -0.234. The number of rotatable bonds is 7. The van der Waals surface area contributed by atoms with E-state index in [1.165, 1.54) is 11.8 Å². The minimum absolute atomic E-state index is 0.187. The first-order valence-corrected chi connectivity index (χ1v) is 7.66. The van der Waals surface area contributed by atoms with Crippen molar-refractivity contribution in [3.05, 3.63) is 36.2 Å². The Morgan fingerprint density at radius 3 is 2.71 bits per heavy atom. The maximum absolute atomic E-state index is 10.9. The minimum Gasteiger partial charge on any atom is -0.483 e. The molecule has 6 nitrogen and oxygen atoms in total. The quantitative estimate of drug-likeness (QED) is 0.791. The molecule has 0 unspecified atom stereocenters. The Balaban J connectivity index is 2.13. The van der Waals surface area contributed by atoms with E-state index < -0.39 is 0 Å². The second-order valence-electron chi connectivity index (χ2n) is 4.41. The number of benzene rings is 1. The first-order chi connectivity index (χ1) is 10.1. The molecule has 1 aromatic heterocycles. The van der Waals surface area contributed by atoms with Crippen LogP contribution in [0.4, 0.5) is 0 Å². The van der Waals surface area contributed by atoms with Crippen LogP contribution in [0.5, 0.6) is 5.75 Å². The van der Waals surface area contributed by atoms with E-state index >= 15 is 0 Å². The van der Waals surface area contributed by atoms with Crippen molar-refractivity contribution in [2.75, 3.05) is 5.75 Å². The fraction of sp³-hybridized carbons (Fsp3) is 0.357. The molecule has 0 spiro atoms. The van der Waals surface area contributed by atoms with E-state index in [0.29, 0.717) is 11.7 Å². The van der Waals surface area contributed by atoms with E-state index in [-0.39, 0.29) is 17.8 Å². The van der Waals surface area contributed by atoms with Gasteiger partial charge in [0, 0.05) is 6.54 Å². The first kappa shape index (κ1) is 15.4. The third-order valence-electron chi connectivity index (χ3n) is 2.82. The van der Waals surface area contributed by atoms with Gasteiger partial charge < -0.3 is 15.0 Å². The molecule has 0 saturated heterocycles. The topological polar surface area (TPSA) is 83.0 Å². The van der Waals surface area contributed by atoms with Gasteiger partial charge in [-0.05, 0) is 26.0 Å². The number of carbonyl (C=O) groups excluding carboxylic acids is 1. The molecule has 2 N–H and O–H groups in total. The van der Waals surface area contributed by atoms with Crippen molar-refractivity contribution in [3.8, 4) is 5.75 Å². The van der Waals surface area contributed by atoms with Gasteiger partial charge in [0.05, 0.1) is 5.75 Å². The Bertz CT molecular complexity index is 600. The molecule has 0 radical (unpaired) electrons. The maximum Gasteiger partial charge on any atom is 0.227 e. The highest BCUT2D eigenvalue weighted by atomic mass is 32.2. The van der Waals surface area contributed by atoms with E-state index in [0.717, 1.165) is 11.6 Å². The second kappa shape index (κ2) is 7.12. The highest BCUT2D eigenvalue weighted by Gasteiger charge is 2.18. The summed E-state index contributed by atoms with van der Waals surface area (Å²) in [5.41, 5.74) is 5.16. The van der Waals surface area contributed by atoms with Crippen LogP contribution in [-0.2, 0) is 11.3 Å². The zero-order valence-electron chi connectivity index (χ0n) is 12.0. The lowest BCUT2D eigenvalue weighted by atomic mass is 10.3. The number of aromatic nitrogens is 3. The van der Waals surface area contributed by atoms with Gasteiger partial charge in [0.2, 0.25) is 5.91 Å². The van der Waals surface area contributed by atoms with Gasteiger partial charge in [-0.1, -0.05) is 30.0 Å². The van der Waals surface area contributed by atoms with Gasteiger partial charge in [0.25, 0.3) is 0 Å². The number of amides is 1. The molecule has 1 amide bonds. The lowest BCUT2D eigenvalue weighted by molar-refractivity contribution is -0.115. The van der Waals surface area contributed by atoms with Crippen LogP contribution in [0.15, 0.2) is 35.5 Å². The number of ether oxygens (including phenoxy) is 1. The summed E-state index contributed by atoms with van der Waals surface area (Å²) in [5, 5.41) is 8.96. The van der Waals surface area contributed by atoms with E-state index in [4.69, 9.17) is 10.5 Å². The van der Waals surface area contributed by atoms with Crippen molar-refractivity contribution in [2.45, 2.75) is 31.7 Å². The number of hydrogen-bond acceptors (Lipinski definition) is 5. The zero-order chi connectivity index (χ0) is 15.2. The van der Waals surface area contributed by atoms with Crippen LogP contribution in [0.2, 0.25) is 0 Å². The standard InChI is InChI=1S/C14H18N4O2S/c1-3-18-13(16-17-14(18)21-9-12(15)19)10(2)20-11-7-5-4-6-8-11/h4-8,10H,3,9H2,1-2H3,(H2,15,19)/t10-/m1/s1. The van der Waals surface area contributed by atoms with Gasteiger partial charge in [0.15, 0.2) is 17.1 Å². The smallest absolute Gasteiger partial charge is 0.227 e. The Hall–Kier alpha value is -2.02. The summed E-state index contributed by atoms with van der Waals surface area (Å²) < 4.78 is 7.79. The van der Waals surface area contributed by atoms with Crippen LogP contribution in [0.3, 0.4) is 0 Å². The molecule has 21 heavy (non-hydrogen) atoms. The average Bonchev–Trinajstić information content (AvgIpc) is 2.89. The number of thioether (sulfide) groups is 1. The van der Waals surface area contributed by atoms with Gasteiger partial charge in [0.1, 0.15) is 5.75 Å². The highest BCUT2D eigenvalue weighted by molar-refractivity contribution is 7.99. The maximum atomic E-state index is 10.9. The average molecular weight is 306 g/mol. The molecule has 1 atom stereocenters. The van der Waals surface area contributed by atoms with Crippen molar-refractivity contribution < 1.29 is 9.53 Å². The van der Waals surface area contributed by atoms with Crippen molar-refractivity contribution in [2.24, 2.45) is 5.73 Å². The van der Waals surface area contributed by atoms with E-state index in [1.807, 2.05) is 48.7 Å². The number of nitrogens with two attached hydrogens (primary N) is 1. The summed E-state index contributed by atoms with van der Waals surface area (Å²) in [6.45, 7) is 4.62. The van der Waals surface area contributed by atoms with Gasteiger partial charge >= 0.3 is 0 Å². The predicted octanol–water partition coefficient (Wildman–Crippen LogP) is 2.02. The Labute approximate surface area is 127 Å². The molecule has 1 heterocycles. The van der Waals surface area contributed by atoms with Gasteiger partial charge in [-0.3, -0.25) is 4.79 Å². The number of hydrogen-bond donors (Lipinski definition) is 1. The monoisotopic (exact) mass is 306 g/mol. The third kappa shape index (κ3) is 3.98. The molecule has 7 heteroatoms. The lowest BCUT2D eigenvalue weighted by Crippen LogP contribution is -2.15. The van der Waals surface area contributed by atoms with Crippen LogP contribution < -0.4 is 10.5 Å². The molecule has 2 aromatic rings. The molecule has 0 fully saturated rings. The van der Waals surface area contributed by atoms with Crippen molar-refractivity contribution >= 4 is 17.7 Å². The largest absolute Gasteiger partial charge is 0.483 e. The molecular weight excluding hydrogens is 288 g/mol. The van der Waals surface area contributed by atoms with Gasteiger partial charge in [-0.15, -0.1) is 10.2 Å². The predicted molar refractivity (Wildman–Crippen MR) is 81.1 cm³/mol. The normalized spacial score (nSPS) is 12.1. The number of nitrogens with zero attached hydrogens (tertiary/aromatic N) is 3. The summed E-state index contributed by atoms with van der Waals surface area (Å²) in [4.78, 5) is 10.9.